The summed E-state index contributed by atoms with van der Waals surface area (Å²) in [4.78, 5) is -0.358. The molecule has 2 atom stereocenters. The van der Waals surface area contributed by atoms with E-state index in [1.807, 2.05) is 6.92 Å². The highest BCUT2D eigenvalue weighted by Gasteiger charge is 2.36. The van der Waals surface area contributed by atoms with Crippen LogP contribution in [0, 0.1) is 0 Å². The van der Waals surface area contributed by atoms with E-state index in [9.17, 15) is 8.42 Å². The van der Waals surface area contributed by atoms with Crippen LogP contribution in [-0.2, 0) is 9.84 Å². The van der Waals surface area contributed by atoms with Crippen LogP contribution >= 0.6 is 39.1 Å². The zero-order chi connectivity index (χ0) is 15.6. The molecular weight excluding hydrogens is 399 g/mol. The van der Waals surface area contributed by atoms with E-state index in [-0.39, 0.29) is 10.6 Å². The SMILES string of the molecule is CCOc1cc(Cl)c(C(Br)C2CCCCS2(=O)=O)cc1Cl. The van der Waals surface area contributed by atoms with Crippen LogP contribution in [0.5, 0.6) is 5.75 Å². The summed E-state index contributed by atoms with van der Waals surface area (Å²) in [5, 5.41) is 0.442. The maximum absolute atomic E-state index is 12.2. The highest BCUT2D eigenvalue weighted by atomic mass is 79.9. The molecule has 1 saturated heterocycles. The van der Waals surface area contributed by atoms with Crippen molar-refractivity contribution in [2.45, 2.75) is 36.3 Å². The number of hydrogen-bond acceptors (Lipinski definition) is 3. The summed E-state index contributed by atoms with van der Waals surface area (Å²) in [6, 6.07) is 3.34. The molecular formula is C14H17BrCl2O3S. The summed E-state index contributed by atoms with van der Waals surface area (Å²) in [7, 11) is -3.10. The molecule has 0 radical (unpaired) electrons. The van der Waals surface area contributed by atoms with Crippen LogP contribution in [0.2, 0.25) is 10.0 Å². The summed E-state index contributed by atoms with van der Waals surface area (Å²) >= 11 is 16.0. The lowest BCUT2D eigenvalue weighted by Gasteiger charge is -2.27. The molecule has 2 rings (SSSR count). The number of benzene rings is 1. The molecule has 0 spiro atoms. The number of rotatable bonds is 4. The van der Waals surface area contributed by atoms with Crippen molar-refractivity contribution in [2.24, 2.45) is 0 Å². The third-order valence-electron chi connectivity index (χ3n) is 3.60. The first-order valence-corrected chi connectivity index (χ1v) is 10.2. The standard InChI is InChI=1S/C14H17BrCl2O3S/c1-2-20-12-8-10(16)9(7-11(12)17)14(15)13-5-3-4-6-21(13,18)19/h7-8,13-14H,2-6H2,1H3. The summed E-state index contributed by atoms with van der Waals surface area (Å²) < 4.78 is 29.9. The lowest BCUT2D eigenvalue weighted by atomic mass is 10.0. The van der Waals surface area contributed by atoms with Gasteiger partial charge < -0.3 is 4.74 Å². The second kappa shape index (κ2) is 7.07. The van der Waals surface area contributed by atoms with Gasteiger partial charge in [-0.2, -0.15) is 0 Å². The van der Waals surface area contributed by atoms with Gasteiger partial charge in [0.15, 0.2) is 9.84 Å². The fourth-order valence-corrected chi connectivity index (χ4v) is 6.73. The Morgan fingerprint density at radius 3 is 2.67 bits per heavy atom. The summed E-state index contributed by atoms with van der Waals surface area (Å²) in [6.07, 6.45) is 2.28. The lowest BCUT2D eigenvalue weighted by molar-refractivity contribution is 0.340. The smallest absolute Gasteiger partial charge is 0.154 e. The molecule has 1 aliphatic rings. The fraction of sp³-hybridized carbons (Fsp3) is 0.571. The van der Waals surface area contributed by atoms with Crippen LogP contribution < -0.4 is 4.74 Å². The molecule has 0 aromatic heterocycles. The molecule has 0 amide bonds. The predicted octanol–water partition coefficient (Wildman–Crippen LogP) is 4.80. The largest absolute Gasteiger partial charge is 0.492 e. The molecule has 1 aromatic rings. The normalized spacial score (nSPS) is 22.8. The molecule has 21 heavy (non-hydrogen) atoms. The maximum Gasteiger partial charge on any atom is 0.154 e. The lowest BCUT2D eigenvalue weighted by Crippen LogP contribution is -2.31. The number of sulfone groups is 1. The Hall–Kier alpha value is 0.0300. The van der Waals surface area contributed by atoms with Crippen molar-refractivity contribution in [3.63, 3.8) is 0 Å². The first kappa shape index (κ1) is 17.4. The number of hydrogen-bond donors (Lipinski definition) is 0. The van der Waals surface area contributed by atoms with E-state index >= 15 is 0 Å². The van der Waals surface area contributed by atoms with Gasteiger partial charge in [-0.1, -0.05) is 45.6 Å². The monoisotopic (exact) mass is 414 g/mol. The van der Waals surface area contributed by atoms with E-state index in [0.717, 1.165) is 12.8 Å². The van der Waals surface area contributed by atoms with Crippen molar-refractivity contribution in [1.82, 2.24) is 0 Å². The molecule has 118 valence electrons. The van der Waals surface area contributed by atoms with Crippen molar-refractivity contribution < 1.29 is 13.2 Å². The average Bonchev–Trinajstić information content (AvgIpc) is 2.41. The Morgan fingerprint density at radius 1 is 1.33 bits per heavy atom. The van der Waals surface area contributed by atoms with Gasteiger partial charge >= 0.3 is 0 Å². The van der Waals surface area contributed by atoms with E-state index < -0.39 is 15.1 Å². The van der Waals surface area contributed by atoms with Crippen LogP contribution in [0.4, 0.5) is 0 Å². The Labute approximate surface area is 144 Å². The van der Waals surface area contributed by atoms with Crippen molar-refractivity contribution in [2.75, 3.05) is 12.4 Å². The predicted molar refractivity (Wildman–Crippen MR) is 90.7 cm³/mol. The molecule has 0 N–H and O–H groups in total. The second-order valence-electron chi connectivity index (χ2n) is 5.04. The number of alkyl halides is 1. The molecule has 1 heterocycles. The Kier molecular flexibility index (Phi) is 5.85. The van der Waals surface area contributed by atoms with E-state index in [1.165, 1.54) is 0 Å². The van der Waals surface area contributed by atoms with Crippen LogP contribution in [0.1, 0.15) is 36.6 Å². The highest BCUT2D eigenvalue weighted by molar-refractivity contribution is 9.09. The number of ether oxygens (including phenoxy) is 1. The maximum atomic E-state index is 12.2. The molecule has 0 aliphatic carbocycles. The van der Waals surface area contributed by atoms with Gasteiger partial charge in [-0.15, -0.1) is 0 Å². The average molecular weight is 416 g/mol. The van der Waals surface area contributed by atoms with Gasteiger partial charge in [-0.3, -0.25) is 0 Å². The first-order chi connectivity index (χ1) is 9.86. The van der Waals surface area contributed by atoms with Gasteiger partial charge in [-0.05, 0) is 31.4 Å². The summed E-state index contributed by atoms with van der Waals surface area (Å²) in [5.41, 5.74) is 0.695. The van der Waals surface area contributed by atoms with Crippen LogP contribution in [-0.4, -0.2) is 26.0 Å². The molecule has 3 nitrogen and oxygen atoms in total. The van der Waals surface area contributed by atoms with Gasteiger partial charge in [0.1, 0.15) is 5.75 Å². The third kappa shape index (κ3) is 3.87. The quantitative estimate of drug-likeness (QED) is 0.663. The third-order valence-corrected chi connectivity index (χ3v) is 8.00. The van der Waals surface area contributed by atoms with E-state index in [2.05, 4.69) is 15.9 Å². The molecule has 7 heteroatoms. The van der Waals surface area contributed by atoms with Crippen LogP contribution in [0.25, 0.3) is 0 Å². The van der Waals surface area contributed by atoms with Gasteiger partial charge in [0, 0.05) is 11.1 Å². The topological polar surface area (TPSA) is 43.4 Å². The van der Waals surface area contributed by atoms with Crippen LogP contribution in [0.3, 0.4) is 0 Å². The minimum absolute atomic E-state index is 0.238. The summed E-state index contributed by atoms with van der Waals surface area (Å²) in [6.45, 7) is 2.35. The van der Waals surface area contributed by atoms with Gasteiger partial charge in [0.05, 0.1) is 27.5 Å². The van der Waals surface area contributed by atoms with Crippen molar-refractivity contribution in [3.05, 3.63) is 27.7 Å². The van der Waals surface area contributed by atoms with Crippen molar-refractivity contribution >= 4 is 49.0 Å². The molecule has 1 aliphatic heterocycles. The zero-order valence-electron chi connectivity index (χ0n) is 11.6. The Bertz CT molecular complexity index is 619. The molecule has 1 aromatic carbocycles. The van der Waals surface area contributed by atoms with E-state index in [1.54, 1.807) is 12.1 Å². The van der Waals surface area contributed by atoms with Crippen LogP contribution in [0.15, 0.2) is 12.1 Å². The van der Waals surface area contributed by atoms with Gasteiger partial charge in [0.2, 0.25) is 0 Å². The fourth-order valence-electron chi connectivity index (χ4n) is 2.53. The summed E-state index contributed by atoms with van der Waals surface area (Å²) in [5.74, 6) is 0.751. The Morgan fingerprint density at radius 2 is 2.05 bits per heavy atom. The minimum Gasteiger partial charge on any atom is -0.492 e. The molecule has 0 saturated carbocycles. The number of halogens is 3. The minimum atomic E-state index is -3.10. The van der Waals surface area contributed by atoms with E-state index in [0.29, 0.717) is 34.4 Å². The van der Waals surface area contributed by atoms with E-state index in [4.69, 9.17) is 27.9 Å². The first-order valence-electron chi connectivity index (χ1n) is 6.84. The second-order valence-corrected chi connectivity index (χ2v) is 9.18. The molecule has 0 bridgehead atoms. The zero-order valence-corrected chi connectivity index (χ0v) is 15.5. The molecule has 2 unspecified atom stereocenters. The van der Waals surface area contributed by atoms with Gasteiger partial charge in [0.25, 0.3) is 0 Å². The van der Waals surface area contributed by atoms with Crippen molar-refractivity contribution in [3.8, 4) is 5.75 Å². The Balaban J connectivity index is 2.35. The van der Waals surface area contributed by atoms with Gasteiger partial charge in [-0.25, -0.2) is 8.42 Å². The molecule has 1 fully saturated rings. The van der Waals surface area contributed by atoms with Crippen molar-refractivity contribution in [1.29, 1.82) is 0 Å². The highest BCUT2D eigenvalue weighted by Crippen LogP contribution is 2.42.